The van der Waals surface area contributed by atoms with Crippen LogP contribution in [0.25, 0.3) is 0 Å². The Labute approximate surface area is 197 Å². The molecule has 1 saturated heterocycles. The van der Waals surface area contributed by atoms with Crippen molar-refractivity contribution in [2.75, 3.05) is 40.3 Å². The fourth-order valence-electron chi connectivity index (χ4n) is 3.81. The van der Waals surface area contributed by atoms with Gasteiger partial charge in [0.15, 0.2) is 5.96 Å². The second kappa shape index (κ2) is 11.6. The van der Waals surface area contributed by atoms with Crippen molar-refractivity contribution in [3.63, 3.8) is 0 Å². The van der Waals surface area contributed by atoms with E-state index in [4.69, 9.17) is 9.15 Å². The Morgan fingerprint density at radius 2 is 1.97 bits per heavy atom. The first-order valence-corrected chi connectivity index (χ1v) is 10.4. The van der Waals surface area contributed by atoms with Crippen molar-refractivity contribution < 1.29 is 9.15 Å². The summed E-state index contributed by atoms with van der Waals surface area (Å²) in [4.78, 5) is 6.90. The summed E-state index contributed by atoms with van der Waals surface area (Å²) in [5.41, 5.74) is 1.16. The topological polar surface area (TPSA) is 62.0 Å². The van der Waals surface area contributed by atoms with Gasteiger partial charge in [-0.15, -0.1) is 24.0 Å². The maximum Gasteiger partial charge on any atom is 0.191 e. The van der Waals surface area contributed by atoms with Crippen molar-refractivity contribution in [1.82, 2.24) is 15.5 Å². The molecule has 30 heavy (non-hydrogen) atoms. The fourth-order valence-corrected chi connectivity index (χ4v) is 3.81. The molecule has 0 spiro atoms. The summed E-state index contributed by atoms with van der Waals surface area (Å²) < 4.78 is 11.1. The van der Waals surface area contributed by atoms with E-state index in [1.54, 1.807) is 13.4 Å². The lowest BCUT2D eigenvalue weighted by Crippen LogP contribution is -2.46. The highest BCUT2D eigenvalue weighted by Gasteiger charge is 2.26. The second-order valence-corrected chi connectivity index (χ2v) is 8.20. The Morgan fingerprint density at radius 1 is 1.20 bits per heavy atom. The number of aliphatic imine (C=N–C) groups is 1. The van der Waals surface area contributed by atoms with Gasteiger partial charge in [0.05, 0.1) is 19.4 Å². The summed E-state index contributed by atoms with van der Waals surface area (Å²) in [5.74, 6) is 2.69. The minimum atomic E-state index is -0.0679. The smallest absolute Gasteiger partial charge is 0.191 e. The molecule has 166 valence electrons. The summed E-state index contributed by atoms with van der Waals surface area (Å²) in [6.07, 6.45) is 4.25. The summed E-state index contributed by atoms with van der Waals surface area (Å²) in [6.45, 7) is 8.18. The van der Waals surface area contributed by atoms with Gasteiger partial charge in [0.2, 0.25) is 0 Å². The summed E-state index contributed by atoms with van der Waals surface area (Å²) >= 11 is 0. The molecule has 1 fully saturated rings. The molecule has 2 N–H and O–H groups in total. The highest BCUT2D eigenvalue weighted by atomic mass is 127. The van der Waals surface area contributed by atoms with Crippen molar-refractivity contribution in [3.8, 4) is 5.75 Å². The predicted molar refractivity (Wildman–Crippen MR) is 133 cm³/mol. The Kier molecular flexibility index (Phi) is 9.48. The third-order valence-electron chi connectivity index (χ3n) is 5.69. The number of ether oxygens (including phenoxy) is 1. The molecule has 6 nitrogen and oxygen atoms in total. The molecule has 3 rings (SSSR count). The lowest BCUT2D eigenvalue weighted by atomic mass is 9.84. The summed E-state index contributed by atoms with van der Waals surface area (Å²) in [6, 6.07) is 12.5. The van der Waals surface area contributed by atoms with Crippen LogP contribution in [0.4, 0.5) is 0 Å². The number of likely N-dealkylation sites (tertiary alicyclic amines) is 1. The largest absolute Gasteiger partial charge is 0.497 e. The van der Waals surface area contributed by atoms with E-state index in [-0.39, 0.29) is 35.4 Å². The first kappa shape index (κ1) is 24.5. The number of benzene rings is 1. The highest BCUT2D eigenvalue weighted by molar-refractivity contribution is 14.0. The van der Waals surface area contributed by atoms with Gasteiger partial charge in [0.1, 0.15) is 11.5 Å². The molecular formula is C23H35IN4O2. The number of methoxy groups -OCH3 is 1. The Bertz CT molecular complexity index is 786. The minimum Gasteiger partial charge on any atom is -0.497 e. The van der Waals surface area contributed by atoms with Crippen molar-refractivity contribution in [3.05, 3.63) is 54.0 Å². The maximum absolute atomic E-state index is 5.71. The Hall–Kier alpha value is -1.74. The average molecular weight is 526 g/mol. The van der Waals surface area contributed by atoms with Crippen LogP contribution in [0.2, 0.25) is 0 Å². The standard InChI is InChI=1S/C23H34N4O2.HI/c1-23(2,18-9-7-10-19(15-18)28-4)17-26-22(24-3)25-16-20(21-11-8-14-29-21)27-12-5-6-13-27;/h7-11,14-15,20H,5-6,12-13,16-17H2,1-4H3,(H2,24,25,26);1H. The maximum atomic E-state index is 5.71. The third-order valence-corrected chi connectivity index (χ3v) is 5.69. The minimum absolute atomic E-state index is 0. The lowest BCUT2D eigenvalue weighted by Gasteiger charge is -2.29. The molecule has 1 unspecified atom stereocenters. The van der Waals surface area contributed by atoms with Crippen molar-refractivity contribution >= 4 is 29.9 Å². The van der Waals surface area contributed by atoms with Gasteiger partial charge < -0.3 is 19.8 Å². The van der Waals surface area contributed by atoms with E-state index in [2.05, 4.69) is 52.6 Å². The first-order valence-electron chi connectivity index (χ1n) is 10.4. The van der Waals surface area contributed by atoms with Gasteiger partial charge in [0, 0.05) is 25.6 Å². The van der Waals surface area contributed by atoms with Crippen LogP contribution in [-0.4, -0.2) is 51.2 Å². The molecule has 1 atom stereocenters. The number of nitrogens with one attached hydrogen (secondary N) is 2. The monoisotopic (exact) mass is 526 g/mol. The normalized spacial score (nSPS) is 16.1. The number of guanidine groups is 1. The fraction of sp³-hybridized carbons (Fsp3) is 0.522. The van der Waals surface area contributed by atoms with E-state index in [9.17, 15) is 0 Å². The number of halogens is 1. The van der Waals surface area contributed by atoms with Gasteiger partial charge in [-0.3, -0.25) is 9.89 Å². The molecule has 0 bridgehead atoms. The molecule has 0 radical (unpaired) electrons. The van der Waals surface area contributed by atoms with Crippen LogP contribution in [0.15, 0.2) is 52.1 Å². The quantitative estimate of drug-likeness (QED) is 0.307. The van der Waals surface area contributed by atoms with E-state index < -0.39 is 0 Å². The van der Waals surface area contributed by atoms with E-state index in [1.165, 1.54) is 18.4 Å². The van der Waals surface area contributed by atoms with Crippen LogP contribution in [-0.2, 0) is 5.41 Å². The molecule has 1 aliphatic heterocycles. The molecule has 7 heteroatoms. The number of nitrogens with zero attached hydrogens (tertiary/aromatic N) is 2. The van der Waals surface area contributed by atoms with Gasteiger partial charge >= 0.3 is 0 Å². The van der Waals surface area contributed by atoms with Gasteiger partial charge in [-0.1, -0.05) is 26.0 Å². The van der Waals surface area contributed by atoms with Gasteiger partial charge in [-0.25, -0.2) is 0 Å². The average Bonchev–Trinajstić information content (AvgIpc) is 3.45. The first-order chi connectivity index (χ1) is 14.0. The Balaban J connectivity index is 0.00000320. The van der Waals surface area contributed by atoms with Gasteiger partial charge in [-0.2, -0.15) is 0 Å². The molecule has 0 aliphatic carbocycles. The zero-order valence-electron chi connectivity index (χ0n) is 18.5. The van der Waals surface area contributed by atoms with Crippen LogP contribution in [0.3, 0.4) is 0 Å². The van der Waals surface area contributed by atoms with Crippen LogP contribution in [0.5, 0.6) is 5.75 Å². The summed E-state index contributed by atoms with van der Waals surface area (Å²) in [5, 5.41) is 6.98. The predicted octanol–water partition coefficient (Wildman–Crippen LogP) is 4.19. The molecule has 1 aromatic carbocycles. The van der Waals surface area contributed by atoms with Crippen molar-refractivity contribution in [1.29, 1.82) is 0 Å². The number of hydrogen-bond acceptors (Lipinski definition) is 4. The third kappa shape index (κ3) is 6.38. The zero-order chi connectivity index (χ0) is 20.7. The van der Waals surface area contributed by atoms with E-state index in [1.807, 2.05) is 25.2 Å². The highest BCUT2D eigenvalue weighted by Crippen LogP contribution is 2.26. The van der Waals surface area contributed by atoms with E-state index in [0.29, 0.717) is 0 Å². The Morgan fingerprint density at radius 3 is 2.60 bits per heavy atom. The molecule has 2 aromatic rings. The van der Waals surface area contributed by atoms with Crippen molar-refractivity contribution in [2.24, 2.45) is 4.99 Å². The second-order valence-electron chi connectivity index (χ2n) is 8.20. The summed E-state index contributed by atoms with van der Waals surface area (Å²) in [7, 11) is 3.51. The molecule has 0 saturated carbocycles. The molecule has 2 heterocycles. The van der Waals surface area contributed by atoms with Crippen LogP contribution < -0.4 is 15.4 Å². The molecule has 1 aromatic heterocycles. The van der Waals surface area contributed by atoms with Crippen LogP contribution in [0.1, 0.15) is 44.1 Å². The van der Waals surface area contributed by atoms with Crippen LogP contribution >= 0.6 is 24.0 Å². The molecule has 0 amide bonds. The van der Waals surface area contributed by atoms with Gasteiger partial charge in [-0.05, 0) is 55.8 Å². The number of furan rings is 1. The zero-order valence-corrected chi connectivity index (χ0v) is 20.8. The lowest BCUT2D eigenvalue weighted by molar-refractivity contribution is 0.215. The SMILES string of the molecule is CN=C(NCC(c1ccco1)N1CCCC1)NCC(C)(C)c1cccc(OC)c1.I. The van der Waals surface area contributed by atoms with Crippen LogP contribution in [0, 0.1) is 0 Å². The van der Waals surface area contributed by atoms with E-state index >= 15 is 0 Å². The van der Waals surface area contributed by atoms with E-state index in [0.717, 1.165) is 43.6 Å². The number of hydrogen-bond donors (Lipinski definition) is 2. The van der Waals surface area contributed by atoms with Crippen molar-refractivity contribution in [2.45, 2.75) is 38.1 Å². The number of rotatable bonds is 8. The molecular weight excluding hydrogens is 491 g/mol. The molecule has 1 aliphatic rings. The van der Waals surface area contributed by atoms with Gasteiger partial charge in [0.25, 0.3) is 0 Å².